The van der Waals surface area contributed by atoms with Gasteiger partial charge >= 0.3 is 0 Å². The van der Waals surface area contributed by atoms with Gasteiger partial charge in [0, 0.05) is 38.9 Å². The van der Waals surface area contributed by atoms with Crippen molar-refractivity contribution in [3.05, 3.63) is 47.4 Å². The van der Waals surface area contributed by atoms with Crippen LogP contribution in [0.4, 0.5) is 4.39 Å². The lowest BCUT2D eigenvalue weighted by Gasteiger charge is -2.36. The Kier molecular flexibility index (Phi) is 8.19. The van der Waals surface area contributed by atoms with Gasteiger partial charge in [-0.1, -0.05) is 24.2 Å². The van der Waals surface area contributed by atoms with Crippen LogP contribution < -0.4 is 5.32 Å². The van der Waals surface area contributed by atoms with Crippen LogP contribution in [0.5, 0.6) is 0 Å². The van der Waals surface area contributed by atoms with Gasteiger partial charge in [0.1, 0.15) is 5.82 Å². The first-order chi connectivity index (χ1) is 12.7. The van der Waals surface area contributed by atoms with Gasteiger partial charge in [0.2, 0.25) is 11.8 Å². The Morgan fingerprint density at radius 1 is 1.41 bits per heavy atom. The number of piperazine rings is 1. The predicted octanol–water partition coefficient (Wildman–Crippen LogP) is 3.08. The molecule has 1 aliphatic heterocycles. The zero-order valence-electron chi connectivity index (χ0n) is 15.5. The first-order valence-corrected chi connectivity index (χ1v) is 9.24. The number of aromatic nitrogens is 2. The molecule has 1 N–H and O–H groups in total. The molecule has 1 saturated heterocycles. The molecule has 3 rings (SSSR count). The summed E-state index contributed by atoms with van der Waals surface area (Å²) in [6.45, 7) is 4.08. The molecule has 2 heterocycles. The van der Waals surface area contributed by atoms with Crippen LogP contribution in [-0.2, 0) is 17.6 Å². The predicted molar refractivity (Wildman–Crippen MR) is 102 cm³/mol. The van der Waals surface area contributed by atoms with Crippen molar-refractivity contribution in [3.63, 3.8) is 0 Å². The summed E-state index contributed by atoms with van der Waals surface area (Å²) >= 11 is 0. The highest BCUT2D eigenvalue weighted by Gasteiger charge is 2.27. The van der Waals surface area contributed by atoms with Crippen LogP contribution in [0.2, 0.25) is 0 Å². The third kappa shape index (κ3) is 5.74. The quantitative estimate of drug-likeness (QED) is 0.778. The number of carbonyl (C=O) groups is 1. The molecule has 1 amide bonds. The highest BCUT2D eigenvalue weighted by molar-refractivity contribution is 5.85. The summed E-state index contributed by atoms with van der Waals surface area (Å²) in [5.41, 5.74) is 0.826. The van der Waals surface area contributed by atoms with E-state index in [1.54, 1.807) is 6.07 Å². The smallest absolute Gasteiger partial charge is 0.226 e. The van der Waals surface area contributed by atoms with E-state index in [2.05, 4.69) is 22.4 Å². The minimum absolute atomic E-state index is 0. The Hall–Kier alpha value is -1.99. The molecule has 1 unspecified atom stereocenters. The molecule has 1 aromatic carbocycles. The molecule has 0 spiro atoms. The monoisotopic (exact) mass is 396 g/mol. The van der Waals surface area contributed by atoms with Crippen LogP contribution in [0.15, 0.2) is 28.8 Å². The fourth-order valence-electron chi connectivity index (χ4n) is 3.27. The highest BCUT2D eigenvalue weighted by atomic mass is 35.5. The van der Waals surface area contributed by atoms with Crippen LogP contribution in [0.1, 0.15) is 49.5 Å². The number of hydrogen-bond acceptors (Lipinski definition) is 5. The molecule has 0 radical (unpaired) electrons. The molecule has 2 aromatic rings. The minimum Gasteiger partial charge on any atom is -0.339 e. The van der Waals surface area contributed by atoms with Gasteiger partial charge in [-0.2, -0.15) is 4.98 Å². The van der Waals surface area contributed by atoms with Gasteiger partial charge in [0.25, 0.3) is 0 Å². The molecule has 0 aliphatic carbocycles. The fraction of sp³-hybridized carbons (Fsp3) is 0.526. The fourth-order valence-corrected chi connectivity index (χ4v) is 3.27. The first kappa shape index (κ1) is 21.3. The van der Waals surface area contributed by atoms with Gasteiger partial charge in [0.15, 0.2) is 5.82 Å². The Labute approximate surface area is 164 Å². The summed E-state index contributed by atoms with van der Waals surface area (Å²) in [6.07, 6.45) is 3.45. The van der Waals surface area contributed by atoms with Crippen molar-refractivity contribution in [1.82, 2.24) is 20.4 Å². The minimum atomic E-state index is -0.278. The number of amides is 1. The maximum Gasteiger partial charge on any atom is 0.226 e. The average molecular weight is 397 g/mol. The molecule has 0 bridgehead atoms. The summed E-state index contributed by atoms with van der Waals surface area (Å²) in [4.78, 5) is 18.9. The van der Waals surface area contributed by atoms with Crippen LogP contribution in [0, 0.1) is 5.82 Å². The van der Waals surface area contributed by atoms with Crippen molar-refractivity contribution in [1.29, 1.82) is 0 Å². The van der Waals surface area contributed by atoms with Crippen molar-refractivity contribution < 1.29 is 13.7 Å². The Morgan fingerprint density at radius 3 is 3.04 bits per heavy atom. The highest BCUT2D eigenvalue weighted by Crippen LogP contribution is 2.24. The van der Waals surface area contributed by atoms with E-state index in [0.717, 1.165) is 30.8 Å². The first-order valence-electron chi connectivity index (χ1n) is 9.24. The summed E-state index contributed by atoms with van der Waals surface area (Å²) in [7, 11) is 0. The third-order valence-electron chi connectivity index (χ3n) is 4.56. The van der Waals surface area contributed by atoms with Gasteiger partial charge < -0.3 is 14.7 Å². The molecule has 1 fully saturated rings. The second-order valence-corrected chi connectivity index (χ2v) is 6.57. The molecule has 0 saturated carbocycles. The number of hydrogen-bond donors (Lipinski definition) is 1. The van der Waals surface area contributed by atoms with Crippen molar-refractivity contribution in [2.45, 2.75) is 45.1 Å². The van der Waals surface area contributed by atoms with Crippen LogP contribution in [-0.4, -0.2) is 40.6 Å². The summed E-state index contributed by atoms with van der Waals surface area (Å²) < 4.78 is 18.8. The van der Waals surface area contributed by atoms with Crippen molar-refractivity contribution in [3.8, 4) is 0 Å². The zero-order valence-corrected chi connectivity index (χ0v) is 16.3. The van der Waals surface area contributed by atoms with Gasteiger partial charge in [-0.15, -0.1) is 12.4 Å². The molecular weight excluding hydrogens is 371 g/mol. The lowest BCUT2D eigenvalue weighted by molar-refractivity contribution is -0.134. The summed E-state index contributed by atoms with van der Waals surface area (Å²) in [6, 6.07) is 6.35. The van der Waals surface area contributed by atoms with Gasteiger partial charge in [-0.25, -0.2) is 4.39 Å². The molecule has 8 heteroatoms. The maximum absolute atomic E-state index is 13.6. The maximum atomic E-state index is 13.6. The number of halogens is 2. The Morgan fingerprint density at radius 2 is 2.26 bits per heavy atom. The number of aryl methyl sites for hydroxylation is 2. The van der Waals surface area contributed by atoms with E-state index in [1.165, 1.54) is 12.1 Å². The normalized spacial score (nSPS) is 16.8. The molecule has 27 heavy (non-hydrogen) atoms. The van der Waals surface area contributed by atoms with Crippen LogP contribution in [0.25, 0.3) is 0 Å². The van der Waals surface area contributed by atoms with Crippen LogP contribution >= 0.6 is 12.4 Å². The van der Waals surface area contributed by atoms with E-state index in [4.69, 9.17) is 4.52 Å². The average Bonchev–Trinajstić information content (AvgIpc) is 3.09. The molecule has 1 aromatic heterocycles. The van der Waals surface area contributed by atoms with E-state index in [9.17, 15) is 9.18 Å². The number of carbonyl (C=O) groups excluding carboxylic acids is 1. The van der Waals surface area contributed by atoms with Crippen molar-refractivity contribution in [2.24, 2.45) is 0 Å². The Bertz CT molecular complexity index is 740. The van der Waals surface area contributed by atoms with E-state index in [0.29, 0.717) is 38.2 Å². The number of rotatable bonds is 7. The SMILES string of the molecule is CCCc1noc(CCCC(=O)N2CCNCC2c2cccc(F)c2)n1.Cl. The van der Waals surface area contributed by atoms with Gasteiger partial charge in [-0.3, -0.25) is 4.79 Å². The lowest BCUT2D eigenvalue weighted by atomic mass is 10.0. The van der Waals surface area contributed by atoms with Gasteiger partial charge in [-0.05, 0) is 30.5 Å². The van der Waals surface area contributed by atoms with E-state index >= 15 is 0 Å². The standard InChI is InChI=1S/C19H25FN4O2.ClH/c1-2-5-17-22-18(26-23-17)8-4-9-19(25)24-11-10-21-13-16(24)14-6-3-7-15(20)12-14;/h3,6-7,12,16,21H,2,4-5,8-11,13H2,1H3;1H. The van der Waals surface area contributed by atoms with Crippen LogP contribution in [0.3, 0.4) is 0 Å². The second kappa shape index (κ2) is 10.4. The Balaban J connectivity index is 0.00000261. The van der Waals surface area contributed by atoms with Crippen molar-refractivity contribution >= 4 is 18.3 Å². The molecular formula is C19H26ClFN4O2. The number of nitrogens with one attached hydrogen (secondary N) is 1. The van der Waals surface area contributed by atoms with Gasteiger partial charge in [0.05, 0.1) is 6.04 Å². The van der Waals surface area contributed by atoms with E-state index < -0.39 is 0 Å². The molecule has 148 valence electrons. The largest absolute Gasteiger partial charge is 0.339 e. The topological polar surface area (TPSA) is 71.3 Å². The number of nitrogens with zero attached hydrogens (tertiary/aromatic N) is 3. The molecule has 1 aliphatic rings. The lowest BCUT2D eigenvalue weighted by Crippen LogP contribution is -2.48. The second-order valence-electron chi connectivity index (χ2n) is 6.57. The molecule has 1 atom stereocenters. The summed E-state index contributed by atoms with van der Waals surface area (Å²) in [5.74, 6) is 1.11. The van der Waals surface area contributed by atoms with E-state index in [1.807, 2.05) is 11.0 Å². The van der Waals surface area contributed by atoms with Crippen molar-refractivity contribution in [2.75, 3.05) is 19.6 Å². The third-order valence-corrected chi connectivity index (χ3v) is 4.56. The molecule has 6 nitrogen and oxygen atoms in total. The summed E-state index contributed by atoms with van der Waals surface area (Å²) in [5, 5.41) is 7.21. The number of benzene rings is 1. The van der Waals surface area contributed by atoms with E-state index in [-0.39, 0.29) is 30.2 Å². The zero-order chi connectivity index (χ0) is 18.4.